The molecule has 4 heterocycles. The van der Waals surface area contributed by atoms with Crippen LogP contribution >= 0.6 is 23.4 Å². The van der Waals surface area contributed by atoms with E-state index in [0.29, 0.717) is 61.1 Å². The van der Waals surface area contributed by atoms with Crippen molar-refractivity contribution >= 4 is 51.9 Å². The fourth-order valence-electron chi connectivity index (χ4n) is 7.50. The number of Topliss-reactive ketones (excluding diaryl/α,β-unsaturated/α-hetero) is 1. The number of ketones is 1. The zero-order valence-corrected chi connectivity index (χ0v) is 33.8. The number of unbranched alkanes of at least 4 members (excludes halogenated alkanes) is 1. The number of nitrogens with zero attached hydrogens (tertiary/aromatic N) is 3. The molecule has 56 heavy (non-hydrogen) atoms. The van der Waals surface area contributed by atoms with Crippen LogP contribution in [-0.2, 0) is 33.9 Å². The van der Waals surface area contributed by atoms with Crippen molar-refractivity contribution in [3.05, 3.63) is 94.1 Å². The third-order valence-electron chi connectivity index (χ3n) is 10.6. The van der Waals surface area contributed by atoms with Crippen molar-refractivity contribution in [3.8, 4) is 11.1 Å². The van der Waals surface area contributed by atoms with Crippen LogP contribution in [0.1, 0.15) is 66.7 Å². The highest BCUT2D eigenvalue weighted by Crippen LogP contribution is 2.41. The van der Waals surface area contributed by atoms with Gasteiger partial charge in [0.15, 0.2) is 5.78 Å². The van der Waals surface area contributed by atoms with Crippen LogP contribution in [0.25, 0.3) is 22.0 Å². The normalized spacial score (nSPS) is 18.8. The van der Waals surface area contributed by atoms with E-state index in [4.69, 9.17) is 32.6 Å². The molecule has 12 nitrogen and oxygen atoms in total. The Morgan fingerprint density at radius 2 is 1.79 bits per heavy atom. The summed E-state index contributed by atoms with van der Waals surface area (Å²) < 4.78 is 5.50. The van der Waals surface area contributed by atoms with E-state index in [1.54, 1.807) is 13.2 Å². The van der Waals surface area contributed by atoms with Gasteiger partial charge in [-0.2, -0.15) is 0 Å². The van der Waals surface area contributed by atoms with Crippen LogP contribution in [0.2, 0.25) is 5.02 Å². The number of carbonyl (C=O) groups excluding carboxylic acids is 3. The number of H-pyrrole nitrogens is 1. The van der Waals surface area contributed by atoms with Crippen molar-refractivity contribution < 1.29 is 18.9 Å². The molecule has 2 amide bonds. The minimum absolute atomic E-state index is 0.0254. The summed E-state index contributed by atoms with van der Waals surface area (Å²) in [6.45, 7) is 5.11. The number of aromatic nitrogens is 3. The molecule has 3 atom stereocenters. The van der Waals surface area contributed by atoms with E-state index in [9.17, 15) is 14.4 Å². The third kappa shape index (κ3) is 9.52. The average molecular weight is 799 g/mol. The standard InChI is InChI=1S/C42H51ClN8O4S/c1-25-38(26(2)55-50-25)29-18-31-24-49-40(53)36(20-30-23-47-34-13-5-4-12-32(30)34)51(3)42(54)27(10-6-7-15-44)21-37(52)35(14-8-16-45)48-22-28-11-9-17-46-41(28)56-39(31)33(43)19-29/h4-5,9,11-13,17-19,23,27,35-36,47-48H,6-8,10,14-16,20-22,24,44-45H2,1-3H3,(H,49,53)/t27-,35+,36+/m1/s1. The number of hydrogen-bond acceptors (Lipinski definition) is 10. The Hall–Kier alpha value is -4.53. The summed E-state index contributed by atoms with van der Waals surface area (Å²) in [5, 5.41) is 13.0. The number of nitrogens with two attached hydrogens (primary N) is 2. The van der Waals surface area contributed by atoms with Gasteiger partial charge in [-0.15, -0.1) is 0 Å². The molecule has 7 N–H and O–H groups in total. The number of hydrogen-bond donors (Lipinski definition) is 5. The van der Waals surface area contributed by atoms with E-state index in [1.165, 1.54) is 16.7 Å². The predicted octanol–water partition coefficient (Wildman–Crippen LogP) is 6.24. The molecular weight excluding hydrogens is 748 g/mol. The first-order valence-corrected chi connectivity index (χ1v) is 20.4. The van der Waals surface area contributed by atoms with E-state index < -0.39 is 18.0 Å². The highest BCUT2D eigenvalue weighted by atomic mass is 35.5. The number of aromatic amines is 1. The Balaban J connectivity index is 1.45. The molecule has 2 aromatic carbocycles. The molecule has 0 aliphatic carbocycles. The fraction of sp³-hybridized carbons (Fsp3) is 0.405. The highest BCUT2D eigenvalue weighted by Gasteiger charge is 2.34. The van der Waals surface area contributed by atoms with Gasteiger partial charge in [-0.05, 0) is 99.1 Å². The Morgan fingerprint density at radius 3 is 2.55 bits per heavy atom. The van der Waals surface area contributed by atoms with Crippen LogP contribution in [0, 0.1) is 19.8 Å². The van der Waals surface area contributed by atoms with Gasteiger partial charge in [0.2, 0.25) is 11.8 Å². The molecule has 14 heteroatoms. The molecule has 0 spiro atoms. The summed E-state index contributed by atoms with van der Waals surface area (Å²) in [4.78, 5) is 53.7. The summed E-state index contributed by atoms with van der Waals surface area (Å²) in [7, 11) is 1.67. The minimum atomic E-state index is -0.893. The van der Waals surface area contributed by atoms with E-state index in [1.807, 2.05) is 68.6 Å². The van der Waals surface area contributed by atoms with Gasteiger partial charge in [0.25, 0.3) is 0 Å². The van der Waals surface area contributed by atoms with Gasteiger partial charge in [-0.3, -0.25) is 14.4 Å². The summed E-state index contributed by atoms with van der Waals surface area (Å²) in [5.74, 6) is -0.656. The molecule has 5 aromatic rings. The lowest BCUT2D eigenvalue weighted by Gasteiger charge is -2.31. The summed E-state index contributed by atoms with van der Waals surface area (Å²) >= 11 is 8.54. The van der Waals surface area contributed by atoms with Gasteiger partial charge in [-0.1, -0.05) is 59.2 Å². The van der Waals surface area contributed by atoms with Gasteiger partial charge < -0.3 is 36.5 Å². The number of para-hydroxylation sites is 1. The van der Waals surface area contributed by atoms with Crippen LogP contribution in [0.4, 0.5) is 0 Å². The lowest BCUT2D eigenvalue weighted by atomic mass is 9.90. The van der Waals surface area contributed by atoms with Crippen LogP contribution < -0.4 is 22.1 Å². The number of nitrogens with one attached hydrogen (secondary N) is 3. The van der Waals surface area contributed by atoms with Crippen molar-refractivity contribution in [2.24, 2.45) is 17.4 Å². The molecule has 0 fully saturated rings. The largest absolute Gasteiger partial charge is 0.361 e. The molecule has 0 saturated heterocycles. The quantitative estimate of drug-likeness (QED) is 0.101. The maximum Gasteiger partial charge on any atom is 0.243 e. The van der Waals surface area contributed by atoms with Crippen LogP contribution in [-0.4, -0.2) is 69.8 Å². The Morgan fingerprint density at radius 1 is 0.982 bits per heavy atom. The number of likely N-dealkylation sites (N-methyl/N-ethyl adjacent to an activating group) is 1. The molecule has 296 valence electrons. The number of rotatable bonds is 10. The van der Waals surface area contributed by atoms with Crippen LogP contribution in [0.15, 0.2) is 75.4 Å². The molecule has 1 aliphatic heterocycles. The maximum atomic E-state index is 14.6. The van der Waals surface area contributed by atoms with Gasteiger partial charge in [0, 0.05) is 72.7 Å². The second-order valence-electron chi connectivity index (χ2n) is 14.5. The van der Waals surface area contributed by atoms with Crippen LogP contribution in [0.3, 0.4) is 0 Å². The molecule has 0 radical (unpaired) electrons. The second kappa shape index (κ2) is 19.1. The average Bonchev–Trinajstić information content (AvgIpc) is 3.77. The summed E-state index contributed by atoms with van der Waals surface area (Å²) in [5.41, 5.74) is 17.6. The lowest BCUT2D eigenvalue weighted by molar-refractivity contribution is -0.143. The molecule has 0 bridgehead atoms. The Bertz CT molecular complexity index is 2150. The summed E-state index contributed by atoms with van der Waals surface area (Å²) in [6, 6.07) is 14.1. The van der Waals surface area contributed by atoms with E-state index in [2.05, 4.69) is 20.8 Å². The predicted molar refractivity (Wildman–Crippen MR) is 220 cm³/mol. The first kappa shape index (κ1) is 41.1. The topological polar surface area (TPSA) is 185 Å². The molecule has 1 aliphatic rings. The van der Waals surface area contributed by atoms with Crippen molar-refractivity contribution in [2.45, 2.75) is 93.9 Å². The van der Waals surface area contributed by atoms with Crippen molar-refractivity contribution in [1.29, 1.82) is 0 Å². The number of halogens is 1. The number of amides is 2. The molecular formula is C42H51ClN8O4S. The highest BCUT2D eigenvalue weighted by molar-refractivity contribution is 7.99. The molecule has 6 rings (SSSR count). The van der Waals surface area contributed by atoms with E-state index >= 15 is 0 Å². The van der Waals surface area contributed by atoms with Gasteiger partial charge >= 0.3 is 0 Å². The number of pyridine rings is 1. The SMILES string of the molecule is Cc1noc(C)c1-c1cc(Cl)c2c(c1)CNC(=O)[C@H](Cc1c[nH]c3ccccc13)N(C)C(=O)[C@H](CCCCN)CC(=O)[C@H](CCCN)NCc1cccnc1S2. The minimum Gasteiger partial charge on any atom is -0.361 e. The monoisotopic (exact) mass is 798 g/mol. The molecule has 3 aromatic heterocycles. The maximum absolute atomic E-state index is 14.6. The van der Waals surface area contributed by atoms with E-state index in [0.717, 1.165) is 55.7 Å². The van der Waals surface area contributed by atoms with Gasteiger partial charge in [0.05, 0.1) is 16.8 Å². The third-order valence-corrected chi connectivity index (χ3v) is 12.2. The van der Waals surface area contributed by atoms with Gasteiger partial charge in [0.1, 0.15) is 16.8 Å². The number of benzene rings is 2. The van der Waals surface area contributed by atoms with Crippen molar-refractivity contribution in [3.63, 3.8) is 0 Å². The first-order chi connectivity index (χ1) is 27.1. The van der Waals surface area contributed by atoms with Crippen molar-refractivity contribution in [1.82, 2.24) is 30.7 Å². The number of carbonyl (C=O) groups is 3. The molecule has 0 saturated carbocycles. The lowest BCUT2D eigenvalue weighted by Crippen LogP contribution is -2.51. The Kier molecular flexibility index (Phi) is 14.0. The Labute approximate surface area is 336 Å². The smallest absolute Gasteiger partial charge is 0.243 e. The first-order valence-electron chi connectivity index (χ1n) is 19.2. The fourth-order valence-corrected chi connectivity index (χ4v) is 8.86. The zero-order valence-electron chi connectivity index (χ0n) is 32.2. The zero-order chi connectivity index (χ0) is 39.8. The van der Waals surface area contributed by atoms with Crippen molar-refractivity contribution in [2.75, 3.05) is 20.1 Å². The number of fused-ring (bicyclic) bond motifs is 3. The van der Waals surface area contributed by atoms with E-state index in [-0.39, 0.29) is 37.0 Å². The molecule has 0 unspecified atom stereocenters. The van der Waals surface area contributed by atoms with Crippen LogP contribution in [0.5, 0.6) is 0 Å². The van der Waals surface area contributed by atoms with Gasteiger partial charge in [-0.25, -0.2) is 4.98 Å². The summed E-state index contributed by atoms with van der Waals surface area (Å²) in [6.07, 6.45) is 6.90. The second-order valence-corrected chi connectivity index (χ2v) is 15.9. The number of aryl methyl sites for hydroxylation is 2.